The van der Waals surface area contributed by atoms with Crippen LogP contribution in [0.3, 0.4) is 0 Å². The van der Waals surface area contributed by atoms with E-state index in [1.807, 2.05) is 5.32 Å². The monoisotopic (exact) mass is 238 g/mol. The van der Waals surface area contributed by atoms with E-state index in [4.69, 9.17) is 5.73 Å². The van der Waals surface area contributed by atoms with E-state index in [1.54, 1.807) is 0 Å². The van der Waals surface area contributed by atoms with Gasteiger partial charge in [-0.1, -0.05) is 19.3 Å². The van der Waals surface area contributed by atoms with E-state index in [2.05, 4.69) is 0 Å². The largest absolute Gasteiger partial charge is 0.471 e. The first kappa shape index (κ1) is 13.3. The highest BCUT2D eigenvalue weighted by atomic mass is 19.4. The summed E-state index contributed by atoms with van der Waals surface area (Å²) < 4.78 is 36.2. The Kier molecular flexibility index (Phi) is 4.58. The molecule has 0 saturated heterocycles. The van der Waals surface area contributed by atoms with E-state index in [9.17, 15) is 18.0 Å². The van der Waals surface area contributed by atoms with Gasteiger partial charge in [0, 0.05) is 12.6 Å². The number of hydrogen-bond donors (Lipinski definition) is 2. The summed E-state index contributed by atoms with van der Waals surface area (Å²) in [5, 5.41) is 1.99. The number of hydrogen-bond acceptors (Lipinski definition) is 2. The third-order valence-electron chi connectivity index (χ3n) is 3.05. The highest BCUT2D eigenvalue weighted by Gasteiger charge is 2.40. The average Bonchev–Trinajstić information content (AvgIpc) is 2.25. The molecule has 0 radical (unpaired) electrons. The second-order valence-corrected chi connectivity index (χ2v) is 4.21. The van der Waals surface area contributed by atoms with Crippen molar-refractivity contribution in [2.75, 3.05) is 6.54 Å². The maximum atomic E-state index is 12.1. The summed E-state index contributed by atoms with van der Waals surface area (Å²) in [5.74, 6) is -1.79. The van der Waals surface area contributed by atoms with E-state index in [1.165, 1.54) is 0 Å². The summed E-state index contributed by atoms with van der Waals surface area (Å²) in [6, 6.07) is -0.547. The molecule has 94 valence electrons. The van der Waals surface area contributed by atoms with Crippen LogP contribution in [0.5, 0.6) is 0 Å². The van der Waals surface area contributed by atoms with Crippen LogP contribution in [0.2, 0.25) is 0 Å². The molecule has 1 fully saturated rings. The molecule has 0 aromatic carbocycles. The number of halogens is 3. The number of alkyl halides is 3. The zero-order valence-corrected chi connectivity index (χ0v) is 9.02. The molecule has 6 heteroatoms. The Hall–Kier alpha value is -0.780. The number of nitrogens with one attached hydrogen (secondary N) is 1. The van der Waals surface area contributed by atoms with Crippen LogP contribution in [0.1, 0.15) is 32.1 Å². The molecule has 0 aromatic heterocycles. The van der Waals surface area contributed by atoms with Crippen molar-refractivity contribution in [2.45, 2.75) is 44.3 Å². The molecule has 0 bridgehead atoms. The fourth-order valence-corrected chi connectivity index (χ4v) is 2.16. The third kappa shape index (κ3) is 3.66. The van der Waals surface area contributed by atoms with E-state index in [0.29, 0.717) is 0 Å². The molecule has 0 heterocycles. The minimum absolute atomic E-state index is 0.0620. The zero-order chi connectivity index (χ0) is 12.2. The average molecular weight is 238 g/mol. The maximum absolute atomic E-state index is 12.1. The molecular weight excluding hydrogens is 221 g/mol. The Labute approximate surface area is 92.6 Å². The molecule has 16 heavy (non-hydrogen) atoms. The Morgan fingerprint density at radius 3 is 2.31 bits per heavy atom. The first-order valence-corrected chi connectivity index (χ1v) is 5.53. The van der Waals surface area contributed by atoms with E-state index in [-0.39, 0.29) is 12.5 Å². The van der Waals surface area contributed by atoms with Crippen LogP contribution in [0.4, 0.5) is 13.2 Å². The van der Waals surface area contributed by atoms with Crippen LogP contribution in [-0.4, -0.2) is 24.7 Å². The van der Waals surface area contributed by atoms with Crippen LogP contribution in [-0.2, 0) is 4.79 Å². The smallest absolute Gasteiger partial charge is 0.344 e. The molecule has 1 rings (SSSR count). The van der Waals surface area contributed by atoms with Crippen LogP contribution < -0.4 is 11.1 Å². The summed E-state index contributed by atoms with van der Waals surface area (Å²) in [6.45, 7) is 0.0620. The molecule has 1 amide bonds. The first-order chi connectivity index (χ1) is 7.45. The summed E-state index contributed by atoms with van der Waals surface area (Å²) in [5.41, 5.74) is 5.41. The molecule has 1 aliphatic carbocycles. The SMILES string of the molecule is NCC(NC(=O)C(F)(F)F)C1CCCCC1. The van der Waals surface area contributed by atoms with Gasteiger partial charge in [0.25, 0.3) is 0 Å². The van der Waals surface area contributed by atoms with Gasteiger partial charge in [-0.25, -0.2) is 0 Å². The quantitative estimate of drug-likeness (QED) is 0.784. The highest BCUT2D eigenvalue weighted by Crippen LogP contribution is 2.26. The van der Waals surface area contributed by atoms with Gasteiger partial charge in [0.15, 0.2) is 0 Å². The van der Waals surface area contributed by atoms with E-state index in [0.717, 1.165) is 32.1 Å². The summed E-state index contributed by atoms with van der Waals surface area (Å²) >= 11 is 0. The molecule has 3 N–H and O–H groups in total. The van der Waals surface area contributed by atoms with Gasteiger partial charge in [-0.05, 0) is 18.8 Å². The Morgan fingerprint density at radius 2 is 1.88 bits per heavy atom. The molecule has 0 aromatic rings. The highest BCUT2D eigenvalue weighted by molar-refractivity contribution is 5.81. The molecule has 0 spiro atoms. The molecule has 0 aliphatic heterocycles. The molecule has 1 atom stereocenters. The van der Waals surface area contributed by atoms with Gasteiger partial charge in [0.1, 0.15) is 0 Å². The van der Waals surface area contributed by atoms with Gasteiger partial charge in [0.2, 0.25) is 0 Å². The lowest BCUT2D eigenvalue weighted by Crippen LogP contribution is -2.50. The summed E-state index contributed by atoms with van der Waals surface area (Å²) in [6.07, 6.45) is -0.00475. The minimum atomic E-state index is -4.82. The van der Waals surface area contributed by atoms with Crippen molar-refractivity contribution in [2.24, 2.45) is 11.7 Å². The number of carbonyl (C=O) groups excluding carboxylic acids is 1. The number of carbonyl (C=O) groups is 1. The zero-order valence-electron chi connectivity index (χ0n) is 9.02. The van der Waals surface area contributed by atoms with Crippen LogP contribution >= 0.6 is 0 Å². The van der Waals surface area contributed by atoms with Gasteiger partial charge in [-0.15, -0.1) is 0 Å². The molecule has 1 saturated carbocycles. The fraction of sp³-hybridized carbons (Fsp3) is 0.900. The fourth-order valence-electron chi connectivity index (χ4n) is 2.16. The van der Waals surface area contributed by atoms with Crippen LogP contribution in [0.25, 0.3) is 0 Å². The predicted octanol–water partition coefficient (Wildman–Crippen LogP) is 1.57. The summed E-state index contributed by atoms with van der Waals surface area (Å²) in [4.78, 5) is 10.8. The van der Waals surface area contributed by atoms with Crippen molar-refractivity contribution in [3.05, 3.63) is 0 Å². The van der Waals surface area contributed by atoms with Gasteiger partial charge in [-0.3, -0.25) is 4.79 Å². The van der Waals surface area contributed by atoms with Gasteiger partial charge < -0.3 is 11.1 Å². The minimum Gasteiger partial charge on any atom is -0.344 e. The molecule has 1 aliphatic rings. The Morgan fingerprint density at radius 1 is 1.31 bits per heavy atom. The third-order valence-corrected chi connectivity index (χ3v) is 3.05. The first-order valence-electron chi connectivity index (χ1n) is 5.53. The molecular formula is C10H17F3N2O. The summed E-state index contributed by atoms with van der Waals surface area (Å²) in [7, 11) is 0. The van der Waals surface area contributed by atoms with Crippen LogP contribution in [0, 0.1) is 5.92 Å². The van der Waals surface area contributed by atoms with Crippen molar-refractivity contribution in [1.82, 2.24) is 5.32 Å². The normalized spacial score (nSPS) is 20.5. The Bertz CT molecular complexity index is 237. The van der Waals surface area contributed by atoms with Crippen LogP contribution in [0.15, 0.2) is 0 Å². The lowest BCUT2D eigenvalue weighted by Gasteiger charge is -2.30. The van der Waals surface area contributed by atoms with Gasteiger partial charge in [0.05, 0.1) is 0 Å². The van der Waals surface area contributed by atoms with Gasteiger partial charge >= 0.3 is 12.1 Å². The second kappa shape index (κ2) is 5.52. The standard InChI is InChI=1S/C10H17F3N2O/c11-10(12,13)9(16)15-8(6-14)7-4-2-1-3-5-7/h7-8H,1-6,14H2,(H,15,16). The van der Waals surface area contributed by atoms with Crippen molar-refractivity contribution >= 4 is 5.91 Å². The van der Waals surface area contributed by atoms with Gasteiger partial charge in [-0.2, -0.15) is 13.2 Å². The van der Waals surface area contributed by atoms with E-state index < -0.39 is 18.1 Å². The van der Waals surface area contributed by atoms with E-state index >= 15 is 0 Å². The number of nitrogens with two attached hydrogens (primary N) is 1. The van der Waals surface area contributed by atoms with Crippen molar-refractivity contribution in [1.29, 1.82) is 0 Å². The predicted molar refractivity (Wildman–Crippen MR) is 53.6 cm³/mol. The van der Waals surface area contributed by atoms with Crippen molar-refractivity contribution < 1.29 is 18.0 Å². The van der Waals surface area contributed by atoms with Crippen molar-refractivity contribution in [3.8, 4) is 0 Å². The molecule has 1 unspecified atom stereocenters. The number of amides is 1. The van der Waals surface area contributed by atoms with Crippen molar-refractivity contribution in [3.63, 3.8) is 0 Å². The molecule has 3 nitrogen and oxygen atoms in total. The topological polar surface area (TPSA) is 55.1 Å². The number of rotatable bonds is 3. The lowest BCUT2D eigenvalue weighted by molar-refractivity contribution is -0.174. The second-order valence-electron chi connectivity index (χ2n) is 4.21. The lowest BCUT2D eigenvalue weighted by atomic mass is 9.84. The maximum Gasteiger partial charge on any atom is 0.471 e. The Balaban J connectivity index is 2.50.